The number of rotatable bonds is 4. The molecule has 4 rings (SSSR count). The van der Waals surface area contributed by atoms with Crippen molar-refractivity contribution in [1.29, 1.82) is 0 Å². The lowest BCUT2D eigenvalue weighted by Gasteiger charge is -2.56. The predicted molar refractivity (Wildman–Crippen MR) is 121 cm³/mol. The van der Waals surface area contributed by atoms with Crippen LogP contribution in [-0.4, -0.2) is 65.3 Å². The van der Waals surface area contributed by atoms with Gasteiger partial charge < -0.3 is 20.1 Å². The molecule has 7 atom stereocenters. The van der Waals surface area contributed by atoms with Gasteiger partial charge in [-0.2, -0.15) is 0 Å². The number of carbonyl (C=O) groups is 2. The van der Waals surface area contributed by atoms with Gasteiger partial charge >= 0.3 is 0 Å². The number of nitrogens with one attached hydrogen (secondary N) is 1. The Bertz CT molecular complexity index is 813. The zero-order chi connectivity index (χ0) is 22.9. The summed E-state index contributed by atoms with van der Waals surface area (Å²) in [5.41, 5.74) is 0.641. The SMILES string of the molecule is C[C@H]1[C@@H]2[C@@H](O)C([C@H](C)C(=O)N3CCOCC3)CC[C@@]2(C)CC[C@@H]1NC(=O)c1ccncc1. The molecule has 0 aromatic carbocycles. The van der Waals surface area contributed by atoms with Gasteiger partial charge in [0.05, 0.1) is 19.3 Å². The lowest BCUT2D eigenvalue weighted by molar-refractivity contribution is -0.153. The first kappa shape index (κ1) is 23.2. The standard InChI is InChI=1S/C25H37N3O4/c1-16(24(31)28-12-14-32-15-13-28)19-4-8-25(3)9-5-20(17(2)21(25)22(19)29)27-23(30)18-6-10-26-11-7-18/h6-7,10-11,16-17,19-22,29H,4-5,8-9,12-15H2,1-3H3,(H,27,30)/t16-,17+,19?,20-,21+,22-,25-/m0/s1. The molecule has 1 aromatic rings. The molecule has 0 spiro atoms. The molecule has 2 amide bonds. The van der Waals surface area contributed by atoms with Crippen LogP contribution in [-0.2, 0) is 9.53 Å². The van der Waals surface area contributed by atoms with Crippen LogP contribution in [0.15, 0.2) is 24.5 Å². The van der Waals surface area contributed by atoms with E-state index in [2.05, 4.69) is 24.1 Å². The zero-order valence-electron chi connectivity index (χ0n) is 19.5. The molecule has 3 aliphatic rings. The minimum Gasteiger partial charge on any atom is -0.392 e. The number of hydrogen-bond acceptors (Lipinski definition) is 5. The van der Waals surface area contributed by atoms with E-state index in [1.54, 1.807) is 24.5 Å². The molecule has 1 aliphatic heterocycles. The van der Waals surface area contributed by atoms with E-state index in [1.165, 1.54) is 0 Å². The van der Waals surface area contributed by atoms with Crippen molar-refractivity contribution in [2.24, 2.45) is 29.1 Å². The largest absolute Gasteiger partial charge is 0.392 e. The first-order chi connectivity index (χ1) is 15.3. The average Bonchev–Trinajstić information content (AvgIpc) is 2.81. The van der Waals surface area contributed by atoms with Crippen molar-refractivity contribution < 1.29 is 19.4 Å². The fourth-order valence-corrected chi connectivity index (χ4v) is 6.51. The van der Waals surface area contributed by atoms with Gasteiger partial charge in [0.25, 0.3) is 5.91 Å². The van der Waals surface area contributed by atoms with Crippen LogP contribution in [0.2, 0.25) is 0 Å². The highest BCUT2D eigenvalue weighted by molar-refractivity contribution is 5.94. The molecule has 7 nitrogen and oxygen atoms in total. The second kappa shape index (κ2) is 9.48. The molecule has 1 aromatic heterocycles. The van der Waals surface area contributed by atoms with Gasteiger partial charge in [-0.25, -0.2) is 0 Å². The molecular formula is C25H37N3O4. The Labute approximate surface area is 190 Å². The fraction of sp³-hybridized carbons (Fsp3) is 0.720. The summed E-state index contributed by atoms with van der Waals surface area (Å²) in [4.78, 5) is 31.8. The van der Waals surface area contributed by atoms with E-state index in [-0.39, 0.29) is 46.9 Å². The molecule has 2 aliphatic carbocycles. The van der Waals surface area contributed by atoms with Crippen molar-refractivity contribution in [1.82, 2.24) is 15.2 Å². The number of hydrogen-bond donors (Lipinski definition) is 2. The summed E-state index contributed by atoms with van der Waals surface area (Å²) in [7, 11) is 0. The highest BCUT2D eigenvalue weighted by Crippen LogP contribution is 2.55. The van der Waals surface area contributed by atoms with E-state index in [9.17, 15) is 14.7 Å². The summed E-state index contributed by atoms with van der Waals surface area (Å²) in [6, 6.07) is 3.45. The zero-order valence-corrected chi connectivity index (χ0v) is 19.5. The number of ether oxygens (including phenoxy) is 1. The van der Waals surface area contributed by atoms with E-state index < -0.39 is 6.10 Å². The summed E-state index contributed by atoms with van der Waals surface area (Å²) in [6.45, 7) is 8.84. The second-order valence-electron chi connectivity index (χ2n) is 10.3. The maximum absolute atomic E-state index is 13.1. The van der Waals surface area contributed by atoms with Gasteiger partial charge in [-0.1, -0.05) is 20.8 Å². The van der Waals surface area contributed by atoms with Gasteiger partial charge in [-0.3, -0.25) is 14.6 Å². The third kappa shape index (κ3) is 4.42. The van der Waals surface area contributed by atoms with Crippen molar-refractivity contribution in [2.75, 3.05) is 26.3 Å². The van der Waals surface area contributed by atoms with E-state index in [4.69, 9.17) is 4.74 Å². The summed E-state index contributed by atoms with van der Waals surface area (Å²) in [6.07, 6.45) is 6.45. The van der Waals surface area contributed by atoms with Crippen LogP contribution in [0.4, 0.5) is 0 Å². The Morgan fingerprint density at radius 1 is 1.22 bits per heavy atom. The normalized spacial score (nSPS) is 36.1. The van der Waals surface area contributed by atoms with E-state index in [0.717, 1.165) is 25.7 Å². The molecule has 0 radical (unpaired) electrons. The second-order valence-corrected chi connectivity index (χ2v) is 10.3. The van der Waals surface area contributed by atoms with Crippen LogP contribution in [0.1, 0.15) is 56.8 Å². The summed E-state index contributed by atoms with van der Waals surface area (Å²) < 4.78 is 5.39. The minimum atomic E-state index is -0.552. The predicted octanol–water partition coefficient (Wildman–Crippen LogP) is 2.50. The molecule has 2 saturated carbocycles. The topological polar surface area (TPSA) is 91.8 Å². The number of amides is 2. The maximum atomic E-state index is 13.1. The molecule has 176 valence electrons. The number of carbonyl (C=O) groups excluding carboxylic acids is 2. The van der Waals surface area contributed by atoms with E-state index in [0.29, 0.717) is 31.9 Å². The van der Waals surface area contributed by atoms with Gasteiger partial charge in [-0.15, -0.1) is 0 Å². The number of nitrogens with zero attached hydrogens (tertiary/aromatic N) is 2. The third-order valence-corrected chi connectivity index (χ3v) is 8.50. The highest BCUT2D eigenvalue weighted by Gasteiger charge is 2.54. The highest BCUT2D eigenvalue weighted by atomic mass is 16.5. The van der Waals surface area contributed by atoms with Gasteiger partial charge in [0.2, 0.25) is 5.91 Å². The van der Waals surface area contributed by atoms with Crippen LogP contribution in [0, 0.1) is 29.1 Å². The number of pyridine rings is 1. The molecule has 0 bridgehead atoms. The number of aromatic nitrogens is 1. The molecular weight excluding hydrogens is 406 g/mol. The van der Waals surface area contributed by atoms with Gasteiger partial charge in [0.15, 0.2) is 0 Å². The first-order valence-electron chi connectivity index (χ1n) is 12.1. The Morgan fingerprint density at radius 2 is 1.88 bits per heavy atom. The van der Waals surface area contributed by atoms with Crippen LogP contribution < -0.4 is 5.32 Å². The van der Waals surface area contributed by atoms with Gasteiger partial charge in [-0.05, 0) is 61.0 Å². The van der Waals surface area contributed by atoms with Crippen molar-refractivity contribution >= 4 is 11.8 Å². The van der Waals surface area contributed by atoms with Crippen molar-refractivity contribution in [3.8, 4) is 0 Å². The van der Waals surface area contributed by atoms with Gasteiger partial charge in [0.1, 0.15) is 0 Å². The quantitative estimate of drug-likeness (QED) is 0.746. The van der Waals surface area contributed by atoms with Crippen molar-refractivity contribution in [3.05, 3.63) is 30.1 Å². The van der Waals surface area contributed by atoms with Crippen LogP contribution in [0.25, 0.3) is 0 Å². The lowest BCUT2D eigenvalue weighted by atomic mass is 9.51. The average molecular weight is 444 g/mol. The Morgan fingerprint density at radius 3 is 2.56 bits per heavy atom. The molecule has 7 heteroatoms. The Hall–Kier alpha value is -1.99. The minimum absolute atomic E-state index is 0.00684. The molecule has 2 heterocycles. The number of aliphatic hydroxyl groups excluding tert-OH is 1. The van der Waals surface area contributed by atoms with E-state index >= 15 is 0 Å². The summed E-state index contributed by atoms with van der Waals surface area (Å²) in [5.74, 6) is -0.0506. The van der Waals surface area contributed by atoms with Crippen LogP contribution in [0.5, 0.6) is 0 Å². The lowest BCUT2D eigenvalue weighted by Crippen LogP contribution is -2.59. The first-order valence-corrected chi connectivity index (χ1v) is 12.1. The van der Waals surface area contributed by atoms with Crippen molar-refractivity contribution in [3.63, 3.8) is 0 Å². The van der Waals surface area contributed by atoms with Gasteiger partial charge in [0, 0.05) is 43.0 Å². The summed E-state index contributed by atoms with van der Waals surface area (Å²) >= 11 is 0. The Balaban J connectivity index is 1.47. The van der Waals surface area contributed by atoms with Crippen molar-refractivity contribution in [2.45, 2.75) is 58.6 Å². The monoisotopic (exact) mass is 443 g/mol. The summed E-state index contributed by atoms with van der Waals surface area (Å²) in [5, 5.41) is 14.8. The smallest absolute Gasteiger partial charge is 0.251 e. The van der Waals surface area contributed by atoms with Crippen LogP contribution in [0.3, 0.4) is 0 Å². The Kier molecular flexibility index (Phi) is 6.86. The molecule has 1 saturated heterocycles. The molecule has 2 N–H and O–H groups in total. The number of fused-ring (bicyclic) bond motifs is 1. The third-order valence-electron chi connectivity index (χ3n) is 8.50. The molecule has 32 heavy (non-hydrogen) atoms. The maximum Gasteiger partial charge on any atom is 0.251 e. The molecule has 3 fully saturated rings. The fourth-order valence-electron chi connectivity index (χ4n) is 6.51. The van der Waals surface area contributed by atoms with Crippen LogP contribution >= 0.6 is 0 Å². The number of aliphatic hydroxyl groups is 1. The number of morpholine rings is 1. The molecule has 1 unspecified atom stereocenters. The van der Waals surface area contributed by atoms with E-state index in [1.807, 2.05) is 11.8 Å².